The Balaban J connectivity index is 2.30. The first kappa shape index (κ1) is 10.9. The summed E-state index contributed by atoms with van der Waals surface area (Å²) in [5, 5.41) is 0.438. The molecule has 0 bridgehead atoms. The van der Waals surface area contributed by atoms with Gasteiger partial charge >= 0.3 is 0 Å². The summed E-state index contributed by atoms with van der Waals surface area (Å²) in [6, 6.07) is 7.80. The third-order valence-electron chi connectivity index (χ3n) is 2.27. The minimum atomic E-state index is 0.438. The van der Waals surface area contributed by atoms with Crippen LogP contribution >= 0.6 is 11.6 Å². The molecule has 0 aliphatic rings. The summed E-state index contributed by atoms with van der Waals surface area (Å²) < 4.78 is 5.27. The molecule has 2 rings (SSSR count). The second-order valence-electron chi connectivity index (χ2n) is 3.28. The van der Waals surface area contributed by atoms with Gasteiger partial charge in [0.05, 0.1) is 12.8 Å². The maximum Gasteiger partial charge on any atom is 0.150 e. The van der Waals surface area contributed by atoms with Crippen LogP contribution in [0.25, 0.3) is 0 Å². The van der Waals surface area contributed by atoms with Crippen LogP contribution in [0.1, 0.15) is 11.3 Å². The molecule has 0 N–H and O–H groups in total. The lowest BCUT2D eigenvalue weighted by Crippen LogP contribution is -1.97. The minimum absolute atomic E-state index is 0.438. The highest BCUT2D eigenvalue weighted by molar-refractivity contribution is 6.30. The van der Waals surface area contributed by atoms with Gasteiger partial charge in [0.15, 0.2) is 5.15 Å². The van der Waals surface area contributed by atoms with Gasteiger partial charge in [-0.2, -0.15) is 0 Å². The number of para-hydroxylation sites is 1. The molecule has 0 unspecified atom stereocenters. The van der Waals surface area contributed by atoms with E-state index in [0.29, 0.717) is 11.6 Å². The number of hydrogen-bond acceptors (Lipinski definition) is 3. The summed E-state index contributed by atoms with van der Waals surface area (Å²) >= 11 is 5.96. The van der Waals surface area contributed by atoms with Gasteiger partial charge in [-0.05, 0) is 6.07 Å². The Kier molecular flexibility index (Phi) is 3.37. The van der Waals surface area contributed by atoms with Gasteiger partial charge in [-0.25, -0.2) is 4.98 Å². The Morgan fingerprint density at radius 2 is 1.94 bits per heavy atom. The molecule has 1 aromatic carbocycles. The molecule has 3 nitrogen and oxygen atoms in total. The Morgan fingerprint density at radius 3 is 2.69 bits per heavy atom. The van der Waals surface area contributed by atoms with E-state index >= 15 is 0 Å². The van der Waals surface area contributed by atoms with Crippen molar-refractivity contribution in [1.29, 1.82) is 0 Å². The summed E-state index contributed by atoms with van der Waals surface area (Å²) in [4.78, 5) is 8.19. The molecule has 0 aliphatic heterocycles. The van der Waals surface area contributed by atoms with Gasteiger partial charge in [-0.3, -0.25) is 4.98 Å². The lowest BCUT2D eigenvalue weighted by molar-refractivity contribution is 0.410. The van der Waals surface area contributed by atoms with Crippen LogP contribution in [0.5, 0.6) is 5.75 Å². The minimum Gasteiger partial charge on any atom is -0.496 e. The lowest BCUT2D eigenvalue weighted by atomic mass is 10.1. The highest BCUT2D eigenvalue weighted by Gasteiger charge is 2.07. The van der Waals surface area contributed by atoms with Gasteiger partial charge in [0, 0.05) is 24.4 Å². The fraction of sp³-hybridized carbons (Fsp3) is 0.167. The van der Waals surface area contributed by atoms with Crippen molar-refractivity contribution >= 4 is 11.6 Å². The average Bonchev–Trinajstić information content (AvgIpc) is 2.33. The zero-order valence-electron chi connectivity index (χ0n) is 8.85. The molecule has 0 saturated heterocycles. The zero-order valence-corrected chi connectivity index (χ0v) is 9.61. The molecule has 4 heteroatoms. The van der Waals surface area contributed by atoms with Crippen molar-refractivity contribution < 1.29 is 4.74 Å². The van der Waals surface area contributed by atoms with Gasteiger partial charge < -0.3 is 4.74 Å². The molecular weight excluding hydrogens is 224 g/mol. The zero-order chi connectivity index (χ0) is 11.4. The van der Waals surface area contributed by atoms with Crippen LogP contribution in [0.15, 0.2) is 36.7 Å². The van der Waals surface area contributed by atoms with Crippen LogP contribution in [-0.2, 0) is 6.42 Å². The van der Waals surface area contributed by atoms with E-state index in [1.54, 1.807) is 19.5 Å². The summed E-state index contributed by atoms with van der Waals surface area (Å²) in [6.07, 6.45) is 3.83. The molecule has 0 fully saturated rings. The second kappa shape index (κ2) is 4.94. The van der Waals surface area contributed by atoms with E-state index < -0.39 is 0 Å². The molecule has 16 heavy (non-hydrogen) atoms. The highest BCUT2D eigenvalue weighted by Crippen LogP contribution is 2.22. The third kappa shape index (κ3) is 2.31. The van der Waals surface area contributed by atoms with Crippen molar-refractivity contribution in [3.05, 3.63) is 53.1 Å². The van der Waals surface area contributed by atoms with E-state index in [1.165, 1.54) is 0 Å². The summed E-state index contributed by atoms with van der Waals surface area (Å²) in [6.45, 7) is 0. The predicted molar refractivity (Wildman–Crippen MR) is 62.8 cm³/mol. The van der Waals surface area contributed by atoms with E-state index in [4.69, 9.17) is 16.3 Å². The van der Waals surface area contributed by atoms with E-state index in [2.05, 4.69) is 9.97 Å². The number of ether oxygens (including phenoxy) is 1. The first-order valence-corrected chi connectivity index (χ1v) is 5.26. The Morgan fingerprint density at radius 1 is 1.19 bits per heavy atom. The van der Waals surface area contributed by atoms with E-state index in [1.807, 2.05) is 24.3 Å². The third-order valence-corrected chi connectivity index (χ3v) is 2.59. The van der Waals surface area contributed by atoms with Crippen molar-refractivity contribution in [2.45, 2.75) is 6.42 Å². The number of benzene rings is 1. The first-order valence-electron chi connectivity index (χ1n) is 4.88. The Bertz CT molecular complexity index is 488. The largest absolute Gasteiger partial charge is 0.496 e. The molecule has 0 spiro atoms. The molecule has 0 saturated carbocycles. The fourth-order valence-electron chi connectivity index (χ4n) is 1.50. The van der Waals surface area contributed by atoms with Crippen molar-refractivity contribution in [2.24, 2.45) is 0 Å². The molecule has 82 valence electrons. The van der Waals surface area contributed by atoms with Crippen LogP contribution in [0.2, 0.25) is 5.15 Å². The van der Waals surface area contributed by atoms with Gasteiger partial charge in [0.1, 0.15) is 5.75 Å². The van der Waals surface area contributed by atoms with Gasteiger partial charge in [-0.1, -0.05) is 29.8 Å². The van der Waals surface area contributed by atoms with Crippen LogP contribution in [-0.4, -0.2) is 17.1 Å². The Hall–Kier alpha value is -1.61. The molecule has 0 atom stereocenters. The maximum absolute atomic E-state index is 5.96. The number of halogens is 1. The predicted octanol–water partition coefficient (Wildman–Crippen LogP) is 2.73. The summed E-state index contributed by atoms with van der Waals surface area (Å²) in [5.74, 6) is 0.837. The standard InChI is InChI=1S/C12H11ClN2O/c1-16-11-5-3-2-4-9(11)8-10-12(13)15-7-6-14-10/h2-7H,8H2,1H3. The molecule has 2 aromatic rings. The average molecular weight is 235 g/mol. The van der Waals surface area contributed by atoms with E-state index in [-0.39, 0.29) is 0 Å². The summed E-state index contributed by atoms with van der Waals surface area (Å²) in [7, 11) is 1.65. The highest BCUT2D eigenvalue weighted by atomic mass is 35.5. The van der Waals surface area contributed by atoms with Gasteiger partial charge in [0.25, 0.3) is 0 Å². The molecule has 0 amide bonds. The normalized spacial score (nSPS) is 10.1. The van der Waals surface area contributed by atoms with Crippen molar-refractivity contribution in [1.82, 2.24) is 9.97 Å². The first-order chi connectivity index (χ1) is 7.81. The molecule has 0 aliphatic carbocycles. The lowest BCUT2D eigenvalue weighted by Gasteiger charge is -2.07. The molecule has 1 heterocycles. The van der Waals surface area contributed by atoms with Crippen LogP contribution in [0, 0.1) is 0 Å². The second-order valence-corrected chi connectivity index (χ2v) is 3.64. The van der Waals surface area contributed by atoms with Crippen molar-refractivity contribution in [3.63, 3.8) is 0 Å². The number of hydrogen-bond donors (Lipinski definition) is 0. The van der Waals surface area contributed by atoms with Gasteiger partial charge in [0.2, 0.25) is 0 Å². The topological polar surface area (TPSA) is 35.0 Å². The molecule has 0 radical (unpaired) electrons. The van der Waals surface area contributed by atoms with Crippen LogP contribution < -0.4 is 4.74 Å². The maximum atomic E-state index is 5.96. The molecular formula is C12H11ClN2O. The Labute approximate surface area is 99.1 Å². The van der Waals surface area contributed by atoms with Crippen molar-refractivity contribution in [2.75, 3.05) is 7.11 Å². The van der Waals surface area contributed by atoms with Crippen molar-refractivity contribution in [3.8, 4) is 5.75 Å². The smallest absolute Gasteiger partial charge is 0.150 e. The number of methoxy groups -OCH3 is 1. The van der Waals surface area contributed by atoms with Crippen LogP contribution in [0.3, 0.4) is 0 Å². The number of nitrogens with zero attached hydrogens (tertiary/aromatic N) is 2. The fourth-order valence-corrected chi connectivity index (χ4v) is 1.67. The number of aromatic nitrogens is 2. The van der Waals surface area contributed by atoms with E-state index in [0.717, 1.165) is 17.0 Å². The van der Waals surface area contributed by atoms with E-state index in [9.17, 15) is 0 Å². The molecule has 1 aromatic heterocycles. The quantitative estimate of drug-likeness (QED) is 0.819. The van der Waals surface area contributed by atoms with Gasteiger partial charge in [-0.15, -0.1) is 0 Å². The monoisotopic (exact) mass is 234 g/mol. The SMILES string of the molecule is COc1ccccc1Cc1nccnc1Cl. The summed E-state index contributed by atoms with van der Waals surface area (Å²) in [5.41, 5.74) is 1.81. The van der Waals surface area contributed by atoms with Crippen LogP contribution in [0.4, 0.5) is 0 Å². The number of rotatable bonds is 3.